The molecule has 0 amide bonds. The first-order valence-electron chi connectivity index (χ1n) is 8.14. The first-order chi connectivity index (χ1) is 10.7. The Labute approximate surface area is 141 Å². The van der Waals surface area contributed by atoms with E-state index < -0.39 is 0 Å². The molecule has 23 heavy (non-hydrogen) atoms. The predicted molar refractivity (Wildman–Crippen MR) is 98.7 cm³/mol. The smallest absolute Gasteiger partial charge is 0.528 e. The summed E-state index contributed by atoms with van der Waals surface area (Å²) in [5.74, 6) is 1.77. The largest absolute Gasteiger partial charge is 0.576 e. The molecule has 0 saturated carbocycles. The molecular formula is C20H27BO2. The minimum atomic E-state index is 0.0416. The van der Waals surface area contributed by atoms with Crippen LogP contribution in [-0.4, -0.2) is 7.69 Å². The molecule has 0 aliphatic rings. The Morgan fingerprint density at radius 2 is 0.957 bits per heavy atom. The summed E-state index contributed by atoms with van der Waals surface area (Å²) in [5.41, 5.74) is 2.46. The highest BCUT2D eigenvalue weighted by Crippen LogP contribution is 2.32. The second-order valence-corrected chi connectivity index (χ2v) is 7.90. The van der Waals surface area contributed by atoms with Crippen LogP contribution in [0.3, 0.4) is 0 Å². The highest BCUT2D eigenvalue weighted by atomic mass is 16.6. The van der Waals surface area contributed by atoms with Crippen LogP contribution in [0.5, 0.6) is 11.5 Å². The van der Waals surface area contributed by atoms with Crippen LogP contribution < -0.4 is 9.31 Å². The van der Waals surface area contributed by atoms with E-state index in [0.717, 1.165) is 11.5 Å². The summed E-state index contributed by atoms with van der Waals surface area (Å²) >= 11 is 0. The van der Waals surface area contributed by atoms with E-state index in [1.807, 2.05) is 36.4 Å². The standard InChI is InChI=1S/C20H27BO2/c1-19(2,3)15-11-7-9-13-17(15)22-21-23-18-14-10-8-12-16(18)20(4,5)6/h7-14,21H,1-6H3. The van der Waals surface area contributed by atoms with Gasteiger partial charge in [-0.25, -0.2) is 0 Å². The summed E-state index contributed by atoms with van der Waals surface area (Å²) < 4.78 is 11.8. The van der Waals surface area contributed by atoms with Crippen molar-refractivity contribution in [3.05, 3.63) is 59.7 Å². The third-order valence-electron chi connectivity index (χ3n) is 3.82. The predicted octanol–water partition coefficient (Wildman–Crippen LogP) is 5.01. The van der Waals surface area contributed by atoms with E-state index in [4.69, 9.17) is 9.31 Å². The lowest BCUT2D eigenvalue weighted by atomic mass is 9.86. The molecule has 0 bridgehead atoms. The highest BCUT2D eigenvalue weighted by molar-refractivity contribution is 6.20. The summed E-state index contributed by atoms with van der Waals surface area (Å²) in [6.45, 7) is 13.1. The molecule has 0 radical (unpaired) electrons. The molecule has 2 rings (SSSR count). The van der Waals surface area contributed by atoms with E-state index in [9.17, 15) is 0 Å². The van der Waals surface area contributed by atoms with Crippen LogP contribution >= 0.6 is 0 Å². The van der Waals surface area contributed by atoms with Crippen molar-refractivity contribution in [3.8, 4) is 11.5 Å². The van der Waals surface area contributed by atoms with Gasteiger partial charge in [-0.05, 0) is 34.1 Å². The summed E-state index contributed by atoms with van der Waals surface area (Å²) in [4.78, 5) is 0. The van der Waals surface area contributed by atoms with Gasteiger partial charge in [0.25, 0.3) is 0 Å². The van der Waals surface area contributed by atoms with Gasteiger partial charge in [-0.1, -0.05) is 77.9 Å². The second kappa shape index (κ2) is 6.70. The Morgan fingerprint density at radius 3 is 1.30 bits per heavy atom. The van der Waals surface area contributed by atoms with Gasteiger partial charge in [0.2, 0.25) is 0 Å². The third-order valence-corrected chi connectivity index (χ3v) is 3.82. The zero-order valence-corrected chi connectivity index (χ0v) is 15.1. The van der Waals surface area contributed by atoms with Gasteiger partial charge in [0, 0.05) is 0 Å². The average Bonchev–Trinajstić information content (AvgIpc) is 2.46. The molecule has 0 N–H and O–H groups in total. The Hall–Kier alpha value is -1.90. The quantitative estimate of drug-likeness (QED) is 0.739. The molecule has 122 valence electrons. The molecule has 2 aromatic carbocycles. The van der Waals surface area contributed by atoms with Crippen LogP contribution in [0.4, 0.5) is 0 Å². The van der Waals surface area contributed by atoms with Gasteiger partial charge >= 0.3 is 7.69 Å². The molecule has 0 spiro atoms. The van der Waals surface area contributed by atoms with Crippen LogP contribution in [0.15, 0.2) is 48.5 Å². The van der Waals surface area contributed by atoms with Gasteiger partial charge in [0.05, 0.1) is 0 Å². The van der Waals surface area contributed by atoms with Crippen molar-refractivity contribution < 1.29 is 9.31 Å². The zero-order chi connectivity index (χ0) is 17.1. The molecule has 0 atom stereocenters. The van der Waals surface area contributed by atoms with Crippen molar-refractivity contribution in [1.29, 1.82) is 0 Å². The molecule has 2 aromatic rings. The molecule has 0 fully saturated rings. The summed E-state index contributed by atoms with van der Waals surface area (Å²) in [7, 11) is 0.209. The first kappa shape index (κ1) is 17.5. The Morgan fingerprint density at radius 1 is 0.609 bits per heavy atom. The molecular weight excluding hydrogens is 283 g/mol. The molecule has 2 nitrogen and oxygen atoms in total. The van der Waals surface area contributed by atoms with Gasteiger partial charge in [-0.2, -0.15) is 0 Å². The Bertz CT molecular complexity index is 594. The van der Waals surface area contributed by atoms with E-state index in [-0.39, 0.29) is 18.5 Å². The lowest BCUT2D eigenvalue weighted by Gasteiger charge is -2.24. The Balaban J connectivity index is 2.11. The second-order valence-electron chi connectivity index (χ2n) is 7.90. The van der Waals surface area contributed by atoms with Crippen LogP contribution in [0.25, 0.3) is 0 Å². The monoisotopic (exact) mass is 310 g/mol. The van der Waals surface area contributed by atoms with Crippen LogP contribution in [0, 0.1) is 0 Å². The fraction of sp³-hybridized carbons (Fsp3) is 0.400. The fourth-order valence-corrected chi connectivity index (χ4v) is 2.58. The first-order valence-corrected chi connectivity index (χ1v) is 8.14. The molecule has 0 unspecified atom stereocenters. The highest BCUT2D eigenvalue weighted by Gasteiger charge is 2.20. The van der Waals surface area contributed by atoms with Crippen molar-refractivity contribution in [3.63, 3.8) is 0 Å². The van der Waals surface area contributed by atoms with Crippen molar-refractivity contribution in [1.82, 2.24) is 0 Å². The summed E-state index contributed by atoms with van der Waals surface area (Å²) in [5, 5.41) is 0. The normalized spacial score (nSPS) is 11.9. The molecule has 0 saturated heterocycles. The summed E-state index contributed by atoms with van der Waals surface area (Å²) in [6, 6.07) is 16.3. The molecule has 0 aliphatic carbocycles. The molecule has 0 heterocycles. The summed E-state index contributed by atoms with van der Waals surface area (Å²) in [6.07, 6.45) is 0. The minimum Gasteiger partial charge on any atom is -0.528 e. The lowest BCUT2D eigenvalue weighted by molar-refractivity contribution is 0.435. The molecule has 0 aromatic heterocycles. The SMILES string of the molecule is CC(C)(C)c1ccccc1OBOc1ccccc1C(C)(C)C. The van der Waals surface area contributed by atoms with Crippen molar-refractivity contribution >= 4 is 7.69 Å². The number of benzene rings is 2. The van der Waals surface area contributed by atoms with Gasteiger partial charge in [0.15, 0.2) is 0 Å². The van der Waals surface area contributed by atoms with E-state index >= 15 is 0 Å². The average molecular weight is 310 g/mol. The van der Waals surface area contributed by atoms with Crippen LogP contribution in [0.1, 0.15) is 52.7 Å². The van der Waals surface area contributed by atoms with Crippen molar-refractivity contribution in [2.75, 3.05) is 0 Å². The van der Waals surface area contributed by atoms with Crippen molar-refractivity contribution in [2.45, 2.75) is 52.4 Å². The number of para-hydroxylation sites is 2. The van der Waals surface area contributed by atoms with Gasteiger partial charge in [-0.15, -0.1) is 0 Å². The lowest BCUT2D eigenvalue weighted by Crippen LogP contribution is -2.19. The number of rotatable bonds is 4. The van der Waals surface area contributed by atoms with Crippen LogP contribution in [-0.2, 0) is 10.8 Å². The minimum absolute atomic E-state index is 0.0416. The molecule has 0 aliphatic heterocycles. The van der Waals surface area contributed by atoms with Crippen molar-refractivity contribution in [2.24, 2.45) is 0 Å². The topological polar surface area (TPSA) is 18.5 Å². The van der Waals surface area contributed by atoms with Crippen LogP contribution in [0.2, 0.25) is 0 Å². The van der Waals surface area contributed by atoms with Gasteiger partial charge in [-0.3, -0.25) is 0 Å². The third kappa shape index (κ3) is 4.54. The van der Waals surface area contributed by atoms with E-state index in [0.29, 0.717) is 0 Å². The number of hydrogen-bond acceptors (Lipinski definition) is 2. The van der Waals surface area contributed by atoms with E-state index in [1.165, 1.54) is 11.1 Å². The fourth-order valence-electron chi connectivity index (χ4n) is 2.58. The maximum atomic E-state index is 5.91. The zero-order valence-electron chi connectivity index (χ0n) is 15.1. The maximum absolute atomic E-state index is 5.91. The van der Waals surface area contributed by atoms with E-state index in [2.05, 4.69) is 53.7 Å². The molecule has 3 heteroatoms. The number of hydrogen-bond donors (Lipinski definition) is 0. The van der Waals surface area contributed by atoms with E-state index in [1.54, 1.807) is 0 Å². The maximum Gasteiger partial charge on any atom is 0.576 e. The van der Waals surface area contributed by atoms with Gasteiger partial charge < -0.3 is 9.31 Å². The van der Waals surface area contributed by atoms with Gasteiger partial charge in [0.1, 0.15) is 11.5 Å². The Kier molecular flexibility index (Phi) is 5.08.